The van der Waals surface area contributed by atoms with Crippen LogP contribution in [-0.2, 0) is 12.8 Å². The van der Waals surface area contributed by atoms with Gasteiger partial charge in [0.1, 0.15) is 0 Å². The van der Waals surface area contributed by atoms with Crippen molar-refractivity contribution in [2.24, 2.45) is 0 Å². The highest BCUT2D eigenvalue weighted by atomic mass is 32.1. The monoisotopic (exact) mass is 274 g/mol. The average Bonchev–Trinajstić information content (AvgIpc) is 2.96. The third-order valence-corrected chi connectivity index (χ3v) is 4.14. The summed E-state index contributed by atoms with van der Waals surface area (Å²) in [6.45, 7) is 3.31. The van der Waals surface area contributed by atoms with Crippen LogP contribution in [0.5, 0.6) is 0 Å². The molecule has 0 aliphatic carbocycles. The van der Waals surface area contributed by atoms with Crippen LogP contribution in [0.3, 0.4) is 0 Å². The lowest BCUT2D eigenvalue weighted by Gasteiger charge is -2.18. The fourth-order valence-electron chi connectivity index (χ4n) is 2.20. The minimum Gasteiger partial charge on any atom is -0.314 e. The van der Waals surface area contributed by atoms with E-state index in [9.17, 15) is 0 Å². The van der Waals surface area contributed by atoms with Gasteiger partial charge in [-0.25, -0.2) is 0 Å². The Labute approximate surface area is 119 Å². The zero-order valence-corrected chi connectivity index (χ0v) is 12.3. The number of rotatable bonds is 8. The average molecular weight is 274 g/mol. The number of thiophene rings is 1. The van der Waals surface area contributed by atoms with Gasteiger partial charge in [0.15, 0.2) is 0 Å². The highest BCUT2D eigenvalue weighted by Gasteiger charge is 2.09. The second-order valence-electron chi connectivity index (χ2n) is 4.83. The van der Waals surface area contributed by atoms with Crippen molar-refractivity contribution in [1.82, 2.24) is 10.3 Å². The summed E-state index contributed by atoms with van der Waals surface area (Å²) >= 11 is 1.85. The normalized spacial score (nSPS) is 12.5. The van der Waals surface area contributed by atoms with E-state index in [1.54, 1.807) is 0 Å². The molecule has 3 heteroatoms. The van der Waals surface area contributed by atoms with Crippen molar-refractivity contribution in [2.75, 3.05) is 6.54 Å². The Morgan fingerprint density at radius 2 is 2.26 bits per heavy atom. The first-order valence-corrected chi connectivity index (χ1v) is 7.91. The molecule has 1 atom stereocenters. The summed E-state index contributed by atoms with van der Waals surface area (Å²) in [5, 5.41) is 5.81. The van der Waals surface area contributed by atoms with Crippen molar-refractivity contribution in [3.8, 4) is 0 Å². The number of nitrogens with one attached hydrogen (secondary N) is 1. The minimum absolute atomic E-state index is 0.547. The molecule has 1 unspecified atom stereocenters. The summed E-state index contributed by atoms with van der Waals surface area (Å²) in [5.41, 5.74) is 1.32. The van der Waals surface area contributed by atoms with Gasteiger partial charge in [0.2, 0.25) is 0 Å². The zero-order chi connectivity index (χ0) is 13.3. The predicted molar refractivity (Wildman–Crippen MR) is 82.7 cm³/mol. The third kappa shape index (κ3) is 5.13. The molecule has 0 bridgehead atoms. The molecule has 0 saturated carbocycles. The van der Waals surface area contributed by atoms with Gasteiger partial charge in [0.25, 0.3) is 0 Å². The van der Waals surface area contributed by atoms with Crippen LogP contribution in [0.1, 0.15) is 30.2 Å². The molecule has 19 heavy (non-hydrogen) atoms. The molecule has 0 radical (unpaired) electrons. The summed E-state index contributed by atoms with van der Waals surface area (Å²) in [7, 11) is 0. The van der Waals surface area contributed by atoms with E-state index < -0.39 is 0 Å². The quantitative estimate of drug-likeness (QED) is 0.794. The van der Waals surface area contributed by atoms with Crippen LogP contribution in [0.25, 0.3) is 0 Å². The van der Waals surface area contributed by atoms with E-state index in [4.69, 9.17) is 0 Å². The maximum absolute atomic E-state index is 4.20. The van der Waals surface area contributed by atoms with E-state index in [1.807, 2.05) is 29.8 Å². The van der Waals surface area contributed by atoms with Crippen LogP contribution < -0.4 is 5.32 Å². The lowest BCUT2D eigenvalue weighted by Crippen LogP contribution is -2.32. The number of aromatic nitrogens is 1. The molecule has 0 saturated heterocycles. The van der Waals surface area contributed by atoms with Crippen LogP contribution in [0.2, 0.25) is 0 Å². The second-order valence-corrected chi connectivity index (χ2v) is 5.87. The highest BCUT2D eigenvalue weighted by Crippen LogP contribution is 2.14. The highest BCUT2D eigenvalue weighted by molar-refractivity contribution is 7.09. The molecule has 1 N–H and O–H groups in total. The van der Waals surface area contributed by atoms with Crippen LogP contribution in [-0.4, -0.2) is 17.6 Å². The first-order chi connectivity index (χ1) is 9.38. The number of hydrogen-bond donors (Lipinski definition) is 1. The minimum atomic E-state index is 0.547. The van der Waals surface area contributed by atoms with Gasteiger partial charge in [0, 0.05) is 23.3 Å². The van der Waals surface area contributed by atoms with Crippen LogP contribution >= 0.6 is 11.3 Å². The molecular weight excluding hydrogens is 252 g/mol. The SMILES string of the molecule is CCCNC(CCc1cccs1)Cc1cccnc1. The maximum Gasteiger partial charge on any atom is 0.0300 e. The first-order valence-electron chi connectivity index (χ1n) is 7.03. The number of hydrogen-bond acceptors (Lipinski definition) is 3. The van der Waals surface area contributed by atoms with E-state index >= 15 is 0 Å². The molecule has 0 amide bonds. The molecule has 0 aliphatic heterocycles. The lowest BCUT2D eigenvalue weighted by molar-refractivity contribution is 0.478. The van der Waals surface area contributed by atoms with Crippen molar-refractivity contribution in [3.05, 3.63) is 52.5 Å². The molecule has 0 spiro atoms. The van der Waals surface area contributed by atoms with Gasteiger partial charge in [-0.3, -0.25) is 4.98 Å². The van der Waals surface area contributed by atoms with Crippen molar-refractivity contribution in [1.29, 1.82) is 0 Å². The molecule has 2 aromatic rings. The van der Waals surface area contributed by atoms with Gasteiger partial charge >= 0.3 is 0 Å². The van der Waals surface area contributed by atoms with Gasteiger partial charge < -0.3 is 5.32 Å². The van der Waals surface area contributed by atoms with Gasteiger partial charge in [-0.15, -0.1) is 11.3 Å². The van der Waals surface area contributed by atoms with E-state index in [0.717, 1.165) is 13.0 Å². The van der Waals surface area contributed by atoms with Crippen molar-refractivity contribution < 1.29 is 0 Å². The Morgan fingerprint density at radius 3 is 2.95 bits per heavy atom. The van der Waals surface area contributed by atoms with Crippen LogP contribution in [0.4, 0.5) is 0 Å². The van der Waals surface area contributed by atoms with E-state index in [0.29, 0.717) is 6.04 Å². The Kier molecular flexibility index (Phi) is 6.05. The molecule has 102 valence electrons. The number of aryl methyl sites for hydroxylation is 1. The van der Waals surface area contributed by atoms with Gasteiger partial charge in [0.05, 0.1) is 0 Å². The van der Waals surface area contributed by atoms with Gasteiger partial charge in [-0.1, -0.05) is 19.1 Å². The number of pyridine rings is 1. The topological polar surface area (TPSA) is 24.9 Å². The summed E-state index contributed by atoms with van der Waals surface area (Å²) in [4.78, 5) is 5.68. The Balaban J connectivity index is 1.87. The Morgan fingerprint density at radius 1 is 1.32 bits per heavy atom. The summed E-state index contributed by atoms with van der Waals surface area (Å²) in [6, 6.07) is 9.09. The van der Waals surface area contributed by atoms with E-state index in [2.05, 4.69) is 40.8 Å². The van der Waals surface area contributed by atoms with E-state index in [-0.39, 0.29) is 0 Å². The largest absolute Gasteiger partial charge is 0.314 e. The van der Waals surface area contributed by atoms with Crippen molar-refractivity contribution >= 4 is 11.3 Å². The lowest BCUT2D eigenvalue weighted by atomic mass is 10.0. The zero-order valence-electron chi connectivity index (χ0n) is 11.5. The predicted octanol–water partition coefficient (Wildman–Crippen LogP) is 3.69. The Hall–Kier alpha value is -1.19. The molecule has 2 rings (SSSR count). The van der Waals surface area contributed by atoms with E-state index in [1.165, 1.54) is 29.7 Å². The van der Waals surface area contributed by atoms with Crippen LogP contribution in [0.15, 0.2) is 42.0 Å². The third-order valence-electron chi connectivity index (χ3n) is 3.21. The van der Waals surface area contributed by atoms with Gasteiger partial charge in [-0.05, 0) is 55.3 Å². The van der Waals surface area contributed by atoms with Crippen LogP contribution in [0, 0.1) is 0 Å². The first kappa shape index (κ1) is 14.2. The Bertz CT molecular complexity index is 439. The van der Waals surface area contributed by atoms with Crippen molar-refractivity contribution in [2.45, 2.75) is 38.6 Å². The summed E-state index contributed by atoms with van der Waals surface area (Å²) in [6.07, 6.45) is 8.42. The fraction of sp³-hybridized carbons (Fsp3) is 0.438. The molecule has 2 aromatic heterocycles. The standard InChI is InChI=1S/C16H22N2S/c1-2-9-18-15(7-8-16-6-4-11-19-16)12-14-5-3-10-17-13-14/h3-6,10-11,13,15,18H,2,7-9,12H2,1H3. The maximum atomic E-state index is 4.20. The van der Waals surface area contributed by atoms with Gasteiger partial charge in [-0.2, -0.15) is 0 Å². The fourth-order valence-corrected chi connectivity index (χ4v) is 2.92. The molecule has 0 fully saturated rings. The number of nitrogens with zero attached hydrogens (tertiary/aromatic N) is 1. The summed E-state index contributed by atoms with van der Waals surface area (Å²) < 4.78 is 0. The molecule has 2 nitrogen and oxygen atoms in total. The molecule has 0 aliphatic rings. The summed E-state index contributed by atoms with van der Waals surface area (Å²) in [5.74, 6) is 0. The molecular formula is C16H22N2S. The molecule has 0 aromatic carbocycles. The van der Waals surface area contributed by atoms with Crippen molar-refractivity contribution in [3.63, 3.8) is 0 Å². The molecule has 2 heterocycles. The smallest absolute Gasteiger partial charge is 0.0300 e. The second kappa shape index (κ2) is 8.08.